The van der Waals surface area contributed by atoms with E-state index in [0.29, 0.717) is 11.3 Å². The van der Waals surface area contributed by atoms with E-state index in [1.165, 1.54) is 18.2 Å². The Balaban J connectivity index is 2.14. The fourth-order valence-electron chi connectivity index (χ4n) is 1.47. The molecule has 0 fully saturated rings. The van der Waals surface area contributed by atoms with E-state index in [9.17, 15) is 8.78 Å². The topological polar surface area (TPSA) is 35.2 Å². The molecule has 5 heteroatoms. The van der Waals surface area contributed by atoms with Crippen LogP contribution >= 0.6 is 11.6 Å². The molecular formula is C13H10ClF2NO. The van der Waals surface area contributed by atoms with Crippen LogP contribution in [-0.2, 0) is 6.61 Å². The smallest absolute Gasteiger partial charge is 0.148 e. The van der Waals surface area contributed by atoms with E-state index in [1.807, 2.05) is 0 Å². The molecule has 94 valence electrons. The molecule has 0 bridgehead atoms. The van der Waals surface area contributed by atoms with Gasteiger partial charge in [-0.05, 0) is 18.2 Å². The van der Waals surface area contributed by atoms with Gasteiger partial charge in [-0.15, -0.1) is 0 Å². The van der Waals surface area contributed by atoms with Gasteiger partial charge in [-0.2, -0.15) is 0 Å². The highest BCUT2D eigenvalue weighted by Crippen LogP contribution is 2.24. The van der Waals surface area contributed by atoms with Gasteiger partial charge in [0, 0.05) is 11.6 Å². The van der Waals surface area contributed by atoms with Crippen molar-refractivity contribution in [3.05, 3.63) is 58.6 Å². The zero-order valence-corrected chi connectivity index (χ0v) is 10.0. The summed E-state index contributed by atoms with van der Waals surface area (Å²) in [6.45, 7) is -0.0256. The van der Waals surface area contributed by atoms with Gasteiger partial charge in [0.05, 0.1) is 10.7 Å². The van der Waals surface area contributed by atoms with E-state index < -0.39 is 11.6 Å². The van der Waals surface area contributed by atoms with Crippen LogP contribution in [0.15, 0.2) is 36.4 Å². The predicted octanol–water partition coefficient (Wildman–Crippen LogP) is 3.78. The van der Waals surface area contributed by atoms with Crippen molar-refractivity contribution in [1.29, 1.82) is 0 Å². The summed E-state index contributed by atoms with van der Waals surface area (Å²) in [4.78, 5) is 0. The van der Waals surface area contributed by atoms with Crippen molar-refractivity contribution >= 4 is 17.3 Å². The van der Waals surface area contributed by atoms with Crippen molar-refractivity contribution in [1.82, 2.24) is 0 Å². The van der Waals surface area contributed by atoms with Crippen molar-refractivity contribution in [2.75, 3.05) is 5.73 Å². The molecule has 0 amide bonds. The molecule has 0 aliphatic heterocycles. The van der Waals surface area contributed by atoms with Gasteiger partial charge in [0.1, 0.15) is 24.0 Å². The maximum absolute atomic E-state index is 13.6. The minimum absolute atomic E-state index is 0.0256. The van der Waals surface area contributed by atoms with Crippen LogP contribution in [0.2, 0.25) is 5.02 Å². The minimum atomic E-state index is -0.528. The summed E-state index contributed by atoms with van der Waals surface area (Å²) in [5, 5.41) is 0.0307. The maximum Gasteiger partial charge on any atom is 0.148 e. The molecule has 2 aromatic rings. The molecule has 2 nitrogen and oxygen atoms in total. The van der Waals surface area contributed by atoms with Gasteiger partial charge in [-0.3, -0.25) is 0 Å². The Bertz CT molecular complexity index is 575. The molecule has 0 atom stereocenters. The van der Waals surface area contributed by atoms with Gasteiger partial charge in [0.25, 0.3) is 0 Å². The third-order valence-corrected chi connectivity index (χ3v) is 2.68. The van der Waals surface area contributed by atoms with Gasteiger partial charge < -0.3 is 10.5 Å². The fourth-order valence-corrected chi connectivity index (χ4v) is 1.66. The number of rotatable bonds is 3. The summed E-state index contributed by atoms with van der Waals surface area (Å²) in [5.74, 6) is -0.676. The lowest BCUT2D eigenvalue weighted by Crippen LogP contribution is -2.01. The number of halogens is 3. The first-order chi connectivity index (χ1) is 8.58. The average molecular weight is 270 g/mol. The quantitative estimate of drug-likeness (QED) is 0.861. The monoisotopic (exact) mass is 269 g/mol. The molecular weight excluding hydrogens is 260 g/mol. The van der Waals surface area contributed by atoms with E-state index in [-0.39, 0.29) is 17.3 Å². The number of ether oxygens (including phenoxy) is 1. The summed E-state index contributed by atoms with van der Waals surface area (Å²) in [6, 6.07) is 8.39. The van der Waals surface area contributed by atoms with Gasteiger partial charge in [0.2, 0.25) is 0 Å². The largest absolute Gasteiger partial charge is 0.487 e. The Morgan fingerprint density at radius 3 is 2.67 bits per heavy atom. The molecule has 0 saturated carbocycles. The molecule has 18 heavy (non-hydrogen) atoms. The third-order valence-electron chi connectivity index (χ3n) is 2.39. The first-order valence-electron chi connectivity index (χ1n) is 5.18. The molecule has 2 rings (SSSR count). The van der Waals surface area contributed by atoms with Gasteiger partial charge in [0.15, 0.2) is 0 Å². The molecule has 2 N–H and O–H groups in total. The summed E-state index contributed by atoms with van der Waals surface area (Å²) < 4.78 is 31.7. The van der Waals surface area contributed by atoms with E-state index in [0.717, 1.165) is 6.07 Å². The highest BCUT2D eigenvalue weighted by atomic mass is 35.5. The Labute approximate surface area is 108 Å². The number of nitrogens with two attached hydrogens (primary N) is 1. The Kier molecular flexibility index (Phi) is 3.67. The normalized spacial score (nSPS) is 10.4. The molecule has 0 aliphatic carbocycles. The highest BCUT2D eigenvalue weighted by Gasteiger charge is 2.08. The molecule has 0 radical (unpaired) electrons. The van der Waals surface area contributed by atoms with Crippen LogP contribution in [-0.4, -0.2) is 0 Å². The standard InChI is InChI=1S/C13H10ClF2NO/c14-10-3-1-2-8(13(10)16)7-18-12-5-4-9(15)6-11(12)17/h1-6H,7,17H2. The number of hydrogen-bond acceptors (Lipinski definition) is 2. The van der Waals surface area contributed by atoms with Crippen LogP contribution in [0.4, 0.5) is 14.5 Å². The minimum Gasteiger partial charge on any atom is -0.487 e. The van der Waals surface area contributed by atoms with E-state index in [4.69, 9.17) is 22.1 Å². The second-order valence-electron chi connectivity index (χ2n) is 3.68. The maximum atomic E-state index is 13.6. The lowest BCUT2D eigenvalue weighted by atomic mass is 10.2. The van der Waals surface area contributed by atoms with Crippen LogP contribution in [0, 0.1) is 11.6 Å². The van der Waals surface area contributed by atoms with Crippen LogP contribution in [0.3, 0.4) is 0 Å². The summed E-state index contributed by atoms with van der Waals surface area (Å²) in [5.41, 5.74) is 6.04. The predicted molar refractivity (Wildman–Crippen MR) is 66.6 cm³/mol. The van der Waals surface area contributed by atoms with E-state index in [2.05, 4.69) is 0 Å². The summed E-state index contributed by atoms with van der Waals surface area (Å²) in [7, 11) is 0. The lowest BCUT2D eigenvalue weighted by molar-refractivity contribution is 0.301. The second kappa shape index (κ2) is 5.23. The summed E-state index contributed by atoms with van der Waals surface area (Å²) in [6.07, 6.45) is 0. The summed E-state index contributed by atoms with van der Waals surface area (Å²) >= 11 is 5.64. The van der Waals surface area contributed by atoms with Gasteiger partial charge >= 0.3 is 0 Å². The van der Waals surface area contributed by atoms with Crippen molar-refractivity contribution in [2.24, 2.45) is 0 Å². The molecule has 0 saturated heterocycles. The first kappa shape index (κ1) is 12.6. The van der Waals surface area contributed by atoms with Crippen LogP contribution in [0.5, 0.6) is 5.75 Å². The number of hydrogen-bond donors (Lipinski definition) is 1. The molecule has 0 unspecified atom stereocenters. The average Bonchev–Trinajstić information content (AvgIpc) is 2.33. The zero-order chi connectivity index (χ0) is 13.1. The highest BCUT2D eigenvalue weighted by molar-refractivity contribution is 6.30. The number of anilines is 1. The van der Waals surface area contributed by atoms with Crippen LogP contribution in [0.25, 0.3) is 0 Å². The van der Waals surface area contributed by atoms with Crippen LogP contribution < -0.4 is 10.5 Å². The van der Waals surface area contributed by atoms with Gasteiger partial charge in [-0.1, -0.05) is 23.7 Å². The molecule has 0 aliphatic rings. The molecule has 0 aromatic heterocycles. The second-order valence-corrected chi connectivity index (χ2v) is 4.09. The third kappa shape index (κ3) is 2.71. The van der Waals surface area contributed by atoms with Gasteiger partial charge in [-0.25, -0.2) is 8.78 Å². The Morgan fingerprint density at radius 1 is 1.17 bits per heavy atom. The van der Waals surface area contributed by atoms with Crippen LogP contribution in [0.1, 0.15) is 5.56 Å². The van der Waals surface area contributed by atoms with Crippen molar-refractivity contribution in [3.63, 3.8) is 0 Å². The van der Waals surface area contributed by atoms with E-state index >= 15 is 0 Å². The SMILES string of the molecule is Nc1cc(F)ccc1OCc1cccc(Cl)c1F. The molecule has 0 heterocycles. The van der Waals surface area contributed by atoms with E-state index in [1.54, 1.807) is 12.1 Å². The lowest BCUT2D eigenvalue weighted by Gasteiger charge is -2.09. The number of benzene rings is 2. The Morgan fingerprint density at radius 2 is 1.94 bits per heavy atom. The van der Waals surface area contributed by atoms with Crippen molar-refractivity contribution in [3.8, 4) is 5.75 Å². The molecule has 0 spiro atoms. The molecule has 2 aromatic carbocycles. The van der Waals surface area contributed by atoms with Crippen molar-refractivity contribution in [2.45, 2.75) is 6.61 Å². The van der Waals surface area contributed by atoms with Crippen molar-refractivity contribution < 1.29 is 13.5 Å². The first-order valence-corrected chi connectivity index (χ1v) is 5.56. The zero-order valence-electron chi connectivity index (χ0n) is 9.29. The number of nitrogen functional groups attached to an aromatic ring is 1. The Hall–Kier alpha value is -1.81. The fraction of sp³-hybridized carbons (Fsp3) is 0.0769.